The zero-order chi connectivity index (χ0) is 9.52. The molecule has 0 spiro atoms. The Balaban J connectivity index is 0. The second kappa shape index (κ2) is 10.6. The molecular weight excluding hydrogens is 309 g/mol. The molecule has 0 atom stereocenters. The number of methoxy groups -OCH3 is 2. The maximum absolute atomic E-state index is 5.22. The van der Waals surface area contributed by atoms with Gasteiger partial charge in [0.1, 0.15) is 0 Å². The van der Waals surface area contributed by atoms with Crippen molar-refractivity contribution in [2.75, 3.05) is 20.8 Å². The Morgan fingerprint density at radius 2 is 2.07 bits per heavy atom. The van der Waals surface area contributed by atoms with Crippen LogP contribution >= 0.6 is 0 Å². The van der Waals surface area contributed by atoms with Crippen LogP contribution in [0.2, 0.25) is 0 Å². The summed E-state index contributed by atoms with van der Waals surface area (Å²) < 4.78 is 10.2. The van der Waals surface area contributed by atoms with Crippen LogP contribution in [-0.4, -0.2) is 20.8 Å². The molecule has 1 rings (SSSR count). The van der Waals surface area contributed by atoms with Crippen molar-refractivity contribution in [3.05, 3.63) is 29.8 Å². The Morgan fingerprint density at radius 3 is 2.67 bits per heavy atom. The van der Waals surface area contributed by atoms with Crippen LogP contribution in [0.3, 0.4) is 0 Å². The quantitative estimate of drug-likeness (QED) is 0.396. The molecule has 0 unspecified atom stereocenters. The van der Waals surface area contributed by atoms with E-state index in [1.54, 1.807) is 14.2 Å². The monoisotopic (exact) mass is 322 g/mol. The molecule has 2 nitrogen and oxygen atoms in total. The topological polar surface area (TPSA) is 18.5 Å². The first-order valence-corrected chi connectivity index (χ1v) is 4.40. The van der Waals surface area contributed by atoms with Gasteiger partial charge < -0.3 is 26.5 Å². The molecule has 1 aromatic rings. The summed E-state index contributed by atoms with van der Waals surface area (Å²) in [5.74, 6) is 0.940. The first-order chi connectivity index (χ1) is 6.38. The number of rotatable bonds is 5. The summed E-state index contributed by atoms with van der Waals surface area (Å²) in [5.41, 5.74) is 1.20. The molecule has 0 bridgehead atoms. The van der Waals surface area contributed by atoms with Gasteiger partial charge in [-0.3, -0.25) is 0 Å². The Bertz CT molecular complexity index is 256. The Morgan fingerprint density at radius 1 is 1.33 bits per heavy atom. The van der Waals surface area contributed by atoms with E-state index in [4.69, 9.17) is 9.47 Å². The smallest absolute Gasteiger partial charge is 1.00 e. The van der Waals surface area contributed by atoms with E-state index < -0.39 is 0 Å². The molecule has 0 fully saturated rings. The van der Waals surface area contributed by atoms with E-state index in [9.17, 15) is 0 Å². The van der Waals surface area contributed by atoms with Crippen LogP contribution in [0.5, 0.6) is 5.75 Å². The van der Waals surface area contributed by atoms with Crippen molar-refractivity contribution in [1.82, 2.24) is 0 Å². The van der Waals surface area contributed by atoms with Gasteiger partial charge in [0.15, 0.2) is 0 Å². The minimum absolute atomic E-state index is 0. The van der Waals surface area contributed by atoms with Crippen LogP contribution in [-0.2, 0) is 30.6 Å². The van der Waals surface area contributed by atoms with Crippen LogP contribution < -0.4 is 21.7 Å². The zero-order valence-corrected chi connectivity index (χ0v) is 13.8. The minimum Gasteiger partial charge on any atom is -1.00 e. The van der Waals surface area contributed by atoms with Gasteiger partial charge in [0.05, 0.1) is 7.11 Å². The van der Waals surface area contributed by atoms with Crippen molar-refractivity contribution in [3.8, 4) is 5.75 Å². The Kier molecular flexibility index (Phi) is 12.3. The van der Waals surface area contributed by atoms with Crippen LogP contribution in [0.25, 0.3) is 0 Å². The molecule has 0 N–H and O–H groups in total. The van der Waals surface area contributed by atoms with Crippen LogP contribution in [0.4, 0.5) is 0 Å². The molecule has 1 aromatic carbocycles. The summed E-state index contributed by atoms with van der Waals surface area (Å²) in [6.07, 6.45) is 2.00. The average Bonchev–Trinajstić information content (AvgIpc) is 2.19. The van der Waals surface area contributed by atoms with E-state index in [1.165, 1.54) is 5.56 Å². The van der Waals surface area contributed by atoms with Crippen molar-refractivity contribution >= 4 is 0 Å². The molecule has 0 heterocycles. The van der Waals surface area contributed by atoms with Crippen molar-refractivity contribution in [3.63, 3.8) is 0 Å². The zero-order valence-electron chi connectivity index (χ0n) is 9.25. The summed E-state index contributed by atoms with van der Waals surface area (Å²) in [5, 5.41) is 0. The van der Waals surface area contributed by atoms with Gasteiger partial charge in [-0.25, -0.2) is 0 Å². The van der Waals surface area contributed by atoms with Gasteiger partial charge in [-0.05, 0) is 6.42 Å². The normalized spacial score (nSPS) is 8.67. The van der Waals surface area contributed by atoms with Crippen LogP contribution in [0.1, 0.15) is 12.0 Å². The second-order valence-corrected chi connectivity index (χ2v) is 2.83. The molecule has 0 aromatic heterocycles. The minimum atomic E-state index is 0. The molecule has 15 heavy (non-hydrogen) atoms. The van der Waals surface area contributed by atoms with E-state index in [0.717, 1.165) is 25.2 Å². The maximum atomic E-state index is 5.22. The number of benzene rings is 1. The standard InChI is InChI=1S/C11H15O2.BrH.Zn/c1-12-9-5-7-10-6-3-4-8-11(10)13-2;;/h4,6,8H,5,7,9H2,1-2H3;1H;/q-1;;+2/p-1. The molecule has 0 amide bonds. The van der Waals surface area contributed by atoms with Gasteiger partial charge in [0.25, 0.3) is 0 Å². The van der Waals surface area contributed by atoms with E-state index in [-0.39, 0.29) is 36.5 Å². The third-order valence-corrected chi connectivity index (χ3v) is 1.92. The molecule has 80 valence electrons. The number of ether oxygens (including phenoxy) is 2. The van der Waals surface area contributed by atoms with Gasteiger partial charge in [-0.1, -0.05) is 6.42 Å². The third-order valence-electron chi connectivity index (χ3n) is 1.92. The molecule has 0 saturated carbocycles. The van der Waals surface area contributed by atoms with Gasteiger partial charge in [0, 0.05) is 19.5 Å². The second-order valence-electron chi connectivity index (χ2n) is 2.83. The van der Waals surface area contributed by atoms with Crippen molar-refractivity contribution < 1.29 is 45.9 Å². The first-order valence-electron chi connectivity index (χ1n) is 4.40. The molecule has 0 aliphatic heterocycles. The molecule has 0 radical (unpaired) electrons. The molecule has 0 aliphatic rings. The van der Waals surface area contributed by atoms with Crippen LogP contribution in [0.15, 0.2) is 18.2 Å². The van der Waals surface area contributed by atoms with E-state index in [1.807, 2.05) is 18.2 Å². The SMILES string of the molecule is COCCCc1c[c-]ccc1OC.[Br-].[Zn+2]. The van der Waals surface area contributed by atoms with Crippen LogP contribution in [0, 0.1) is 6.07 Å². The third kappa shape index (κ3) is 6.29. The predicted molar refractivity (Wildman–Crippen MR) is 52.0 cm³/mol. The Labute approximate surface area is 115 Å². The van der Waals surface area contributed by atoms with Gasteiger partial charge in [-0.2, -0.15) is 18.2 Å². The number of hydrogen-bond donors (Lipinski definition) is 0. The summed E-state index contributed by atoms with van der Waals surface area (Å²) in [6.45, 7) is 0.790. The average molecular weight is 325 g/mol. The van der Waals surface area contributed by atoms with Crippen molar-refractivity contribution in [2.45, 2.75) is 12.8 Å². The van der Waals surface area contributed by atoms with Gasteiger partial charge in [-0.15, -0.1) is 11.6 Å². The molecule has 0 aliphatic carbocycles. The largest absolute Gasteiger partial charge is 2.00 e. The Hall–Kier alpha value is 0.0834. The fourth-order valence-electron chi connectivity index (χ4n) is 1.25. The van der Waals surface area contributed by atoms with Gasteiger partial charge in [0.2, 0.25) is 0 Å². The summed E-state index contributed by atoms with van der Waals surface area (Å²) in [6, 6.07) is 8.80. The maximum Gasteiger partial charge on any atom is 2.00 e. The van der Waals surface area contributed by atoms with Gasteiger partial charge >= 0.3 is 19.5 Å². The summed E-state index contributed by atoms with van der Waals surface area (Å²) >= 11 is 0. The summed E-state index contributed by atoms with van der Waals surface area (Å²) in [4.78, 5) is 0. The number of hydrogen-bond acceptors (Lipinski definition) is 2. The summed E-state index contributed by atoms with van der Waals surface area (Å²) in [7, 11) is 3.41. The number of aryl methyl sites for hydroxylation is 1. The van der Waals surface area contributed by atoms with E-state index in [2.05, 4.69) is 6.07 Å². The molecule has 0 saturated heterocycles. The number of halogens is 1. The predicted octanol–water partition coefficient (Wildman–Crippen LogP) is -0.924. The first kappa shape index (κ1) is 17.5. The fourth-order valence-corrected chi connectivity index (χ4v) is 1.25. The fraction of sp³-hybridized carbons (Fsp3) is 0.455. The van der Waals surface area contributed by atoms with Crippen molar-refractivity contribution in [1.29, 1.82) is 0 Å². The molecule has 4 heteroatoms. The van der Waals surface area contributed by atoms with Crippen molar-refractivity contribution in [2.24, 2.45) is 0 Å². The van der Waals surface area contributed by atoms with E-state index >= 15 is 0 Å². The van der Waals surface area contributed by atoms with E-state index in [0.29, 0.717) is 0 Å². The molecular formula is C11H15BrO2Zn.